The lowest BCUT2D eigenvalue weighted by Crippen LogP contribution is -2.38. The summed E-state index contributed by atoms with van der Waals surface area (Å²) in [6.45, 7) is 1.78. The van der Waals surface area contributed by atoms with Crippen molar-refractivity contribution in [3.63, 3.8) is 0 Å². The highest BCUT2D eigenvalue weighted by atomic mass is 16.7. The van der Waals surface area contributed by atoms with Crippen molar-refractivity contribution in [1.82, 2.24) is 10.2 Å². The topological polar surface area (TPSA) is 76.6 Å². The van der Waals surface area contributed by atoms with Crippen LogP contribution in [-0.4, -0.2) is 36.0 Å². The molecule has 0 spiro atoms. The normalized spacial score (nSPS) is 15.8. The second kappa shape index (κ2) is 8.02. The molecule has 1 fully saturated rings. The van der Waals surface area contributed by atoms with E-state index in [2.05, 4.69) is 20.4 Å². The van der Waals surface area contributed by atoms with E-state index in [0.29, 0.717) is 11.5 Å². The Morgan fingerprint density at radius 3 is 2.50 bits per heavy atom. The number of fused-ring (bicyclic) bond motifs is 1. The van der Waals surface area contributed by atoms with Crippen LogP contribution in [0.25, 0.3) is 11.3 Å². The lowest BCUT2D eigenvalue weighted by Gasteiger charge is -2.31. The SMILES string of the molecule is O=C(Nc1ccc2c(c1)OCO2)C1CCN(c2ccc(-c3ccccc3)nn2)CC1. The molecule has 0 radical (unpaired) electrons. The molecule has 5 rings (SSSR count). The number of nitrogens with one attached hydrogen (secondary N) is 1. The molecule has 0 bridgehead atoms. The Bertz CT molecular complexity index is 1030. The van der Waals surface area contributed by atoms with Gasteiger partial charge in [-0.15, -0.1) is 10.2 Å². The number of ether oxygens (including phenoxy) is 2. The summed E-state index contributed by atoms with van der Waals surface area (Å²) in [7, 11) is 0. The largest absolute Gasteiger partial charge is 0.454 e. The minimum atomic E-state index is -0.0248. The van der Waals surface area contributed by atoms with Crippen LogP contribution in [0, 0.1) is 5.92 Å². The van der Waals surface area contributed by atoms with Crippen molar-refractivity contribution in [3.8, 4) is 22.8 Å². The fourth-order valence-electron chi connectivity index (χ4n) is 3.85. The number of rotatable bonds is 4. The zero-order valence-corrected chi connectivity index (χ0v) is 16.5. The van der Waals surface area contributed by atoms with Gasteiger partial charge < -0.3 is 19.7 Å². The number of hydrogen-bond donors (Lipinski definition) is 1. The van der Waals surface area contributed by atoms with Gasteiger partial charge in [-0.05, 0) is 37.1 Å². The van der Waals surface area contributed by atoms with Crippen LogP contribution in [0.5, 0.6) is 11.5 Å². The molecule has 1 aromatic heterocycles. The van der Waals surface area contributed by atoms with Gasteiger partial charge in [0.15, 0.2) is 17.3 Å². The third-order valence-corrected chi connectivity index (χ3v) is 5.55. The zero-order valence-electron chi connectivity index (χ0n) is 16.5. The summed E-state index contributed by atoms with van der Waals surface area (Å²) in [4.78, 5) is 14.9. The maximum Gasteiger partial charge on any atom is 0.231 e. The fourth-order valence-corrected chi connectivity index (χ4v) is 3.85. The summed E-state index contributed by atoms with van der Waals surface area (Å²) in [6.07, 6.45) is 1.55. The highest BCUT2D eigenvalue weighted by Crippen LogP contribution is 2.34. The van der Waals surface area contributed by atoms with Crippen molar-refractivity contribution in [2.75, 3.05) is 30.1 Å². The molecule has 3 heterocycles. The number of piperidine rings is 1. The Morgan fingerprint density at radius 2 is 1.73 bits per heavy atom. The monoisotopic (exact) mass is 402 g/mol. The van der Waals surface area contributed by atoms with E-state index in [9.17, 15) is 4.79 Å². The molecule has 0 unspecified atom stereocenters. The van der Waals surface area contributed by atoms with E-state index in [1.165, 1.54) is 0 Å². The van der Waals surface area contributed by atoms with Crippen LogP contribution >= 0.6 is 0 Å². The first-order valence-corrected chi connectivity index (χ1v) is 10.1. The van der Waals surface area contributed by atoms with Crippen molar-refractivity contribution in [3.05, 3.63) is 60.7 Å². The Hall–Kier alpha value is -3.61. The van der Waals surface area contributed by atoms with Gasteiger partial charge in [-0.3, -0.25) is 4.79 Å². The summed E-state index contributed by atoms with van der Waals surface area (Å²) in [6, 6.07) is 19.5. The zero-order chi connectivity index (χ0) is 20.3. The van der Waals surface area contributed by atoms with Crippen LogP contribution < -0.4 is 19.7 Å². The first-order valence-electron chi connectivity index (χ1n) is 10.1. The maximum atomic E-state index is 12.7. The molecule has 0 atom stereocenters. The van der Waals surface area contributed by atoms with Crippen molar-refractivity contribution in [2.24, 2.45) is 5.92 Å². The van der Waals surface area contributed by atoms with Gasteiger partial charge in [0.25, 0.3) is 0 Å². The Kier molecular flexibility index (Phi) is 4.93. The smallest absolute Gasteiger partial charge is 0.231 e. The highest BCUT2D eigenvalue weighted by molar-refractivity contribution is 5.93. The van der Waals surface area contributed by atoms with Gasteiger partial charge in [0.2, 0.25) is 12.7 Å². The van der Waals surface area contributed by atoms with E-state index < -0.39 is 0 Å². The molecular weight excluding hydrogens is 380 g/mol. The average molecular weight is 402 g/mol. The average Bonchev–Trinajstić information content (AvgIpc) is 3.28. The molecule has 2 aliphatic rings. The number of carbonyl (C=O) groups excluding carboxylic acids is 1. The van der Waals surface area contributed by atoms with Crippen LogP contribution in [-0.2, 0) is 4.79 Å². The van der Waals surface area contributed by atoms with E-state index in [-0.39, 0.29) is 18.6 Å². The molecule has 1 saturated heterocycles. The number of carbonyl (C=O) groups is 1. The van der Waals surface area contributed by atoms with Gasteiger partial charge in [-0.1, -0.05) is 30.3 Å². The summed E-state index contributed by atoms with van der Waals surface area (Å²) in [5.74, 6) is 2.24. The lowest BCUT2D eigenvalue weighted by atomic mass is 9.95. The van der Waals surface area contributed by atoms with Crippen LogP contribution in [0.4, 0.5) is 11.5 Å². The minimum Gasteiger partial charge on any atom is -0.454 e. The molecule has 2 aromatic carbocycles. The quantitative estimate of drug-likeness (QED) is 0.717. The Morgan fingerprint density at radius 1 is 0.933 bits per heavy atom. The molecule has 3 aromatic rings. The first-order chi connectivity index (χ1) is 14.8. The van der Waals surface area contributed by atoms with Gasteiger partial charge in [0, 0.05) is 36.3 Å². The van der Waals surface area contributed by atoms with Gasteiger partial charge >= 0.3 is 0 Å². The molecule has 7 heteroatoms. The number of aromatic nitrogens is 2. The second-order valence-corrected chi connectivity index (χ2v) is 7.46. The summed E-state index contributed by atoms with van der Waals surface area (Å²) in [5, 5.41) is 11.8. The van der Waals surface area contributed by atoms with Gasteiger partial charge in [0.1, 0.15) is 0 Å². The van der Waals surface area contributed by atoms with E-state index >= 15 is 0 Å². The van der Waals surface area contributed by atoms with Gasteiger partial charge in [-0.25, -0.2) is 0 Å². The minimum absolute atomic E-state index is 0.0248. The van der Waals surface area contributed by atoms with E-state index in [1.54, 1.807) is 6.07 Å². The first kappa shape index (κ1) is 18.4. The van der Waals surface area contributed by atoms with E-state index in [0.717, 1.165) is 48.7 Å². The van der Waals surface area contributed by atoms with Crippen LogP contribution in [0.3, 0.4) is 0 Å². The maximum absolute atomic E-state index is 12.7. The molecule has 152 valence electrons. The number of hydrogen-bond acceptors (Lipinski definition) is 6. The molecule has 1 amide bonds. The number of nitrogens with zero attached hydrogens (tertiary/aromatic N) is 3. The molecule has 30 heavy (non-hydrogen) atoms. The fraction of sp³-hybridized carbons (Fsp3) is 0.261. The molecule has 7 nitrogen and oxygen atoms in total. The van der Waals surface area contributed by atoms with Crippen molar-refractivity contribution < 1.29 is 14.3 Å². The van der Waals surface area contributed by atoms with E-state index in [1.807, 2.05) is 54.6 Å². The molecule has 2 aliphatic heterocycles. The van der Waals surface area contributed by atoms with Crippen molar-refractivity contribution in [2.45, 2.75) is 12.8 Å². The third-order valence-electron chi connectivity index (χ3n) is 5.55. The number of amides is 1. The summed E-state index contributed by atoms with van der Waals surface area (Å²) in [5.41, 5.74) is 2.64. The predicted molar refractivity (Wildman–Crippen MR) is 114 cm³/mol. The van der Waals surface area contributed by atoms with Crippen molar-refractivity contribution >= 4 is 17.4 Å². The predicted octanol–water partition coefficient (Wildman–Crippen LogP) is 3.73. The third kappa shape index (κ3) is 3.78. The van der Waals surface area contributed by atoms with Gasteiger partial charge in [0.05, 0.1) is 5.69 Å². The Labute approximate surface area is 174 Å². The standard InChI is InChI=1S/C23H22N4O3/c28-23(24-18-6-8-20-21(14-18)30-15-29-20)17-10-12-27(13-11-17)22-9-7-19(25-26-22)16-4-2-1-3-5-16/h1-9,14,17H,10-13,15H2,(H,24,28). The summed E-state index contributed by atoms with van der Waals surface area (Å²) >= 11 is 0. The number of benzene rings is 2. The number of anilines is 2. The lowest BCUT2D eigenvalue weighted by molar-refractivity contribution is -0.120. The van der Waals surface area contributed by atoms with E-state index in [4.69, 9.17) is 9.47 Å². The van der Waals surface area contributed by atoms with Crippen LogP contribution in [0.15, 0.2) is 60.7 Å². The van der Waals surface area contributed by atoms with Crippen molar-refractivity contribution in [1.29, 1.82) is 0 Å². The van der Waals surface area contributed by atoms with Gasteiger partial charge in [-0.2, -0.15) is 0 Å². The summed E-state index contributed by atoms with van der Waals surface area (Å²) < 4.78 is 10.7. The Balaban J connectivity index is 1.17. The molecule has 1 N–H and O–H groups in total. The highest BCUT2D eigenvalue weighted by Gasteiger charge is 2.26. The van der Waals surface area contributed by atoms with Crippen LogP contribution in [0.2, 0.25) is 0 Å². The molecule has 0 aliphatic carbocycles. The second-order valence-electron chi connectivity index (χ2n) is 7.46. The molecular formula is C23H22N4O3. The molecule has 0 saturated carbocycles. The van der Waals surface area contributed by atoms with Crippen LogP contribution in [0.1, 0.15) is 12.8 Å².